The van der Waals surface area contributed by atoms with Gasteiger partial charge in [-0.05, 0) is 31.9 Å². The van der Waals surface area contributed by atoms with Gasteiger partial charge in [0.1, 0.15) is 23.9 Å². The lowest BCUT2D eigenvalue weighted by Gasteiger charge is -2.33. The molecule has 0 saturated heterocycles. The Morgan fingerprint density at radius 1 is 1.32 bits per heavy atom. The summed E-state index contributed by atoms with van der Waals surface area (Å²) in [4.78, 5) is 15.0. The SMILES string of the molecule is COc1ccc(C(=O)N2Cc3nnc(C4CC4)n3[C@@H](C)C2)c(OCCN)c1.Cl. The molecule has 1 aromatic heterocycles. The zero-order valence-electron chi connectivity index (χ0n) is 16.1. The lowest BCUT2D eigenvalue weighted by molar-refractivity contribution is 0.0675. The zero-order chi connectivity index (χ0) is 19.0. The lowest BCUT2D eigenvalue weighted by atomic mass is 10.1. The topological polar surface area (TPSA) is 95.5 Å². The van der Waals surface area contributed by atoms with Gasteiger partial charge in [0.15, 0.2) is 5.82 Å². The van der Waals surface area contributed by atoms with E-state index in [0.717, 1.165) is 11.6 Å². The molecule has 2 aromatic rings. The second kappa shape index (κ2) is 8.36. The molecule has 4 rings (SSSR count). The van der Waals surface area contributed by atoms with Gasteiger partial charge in [-0.1, -0.05) is 0 Å². The molecule has 0 bridgehead atoms. The molecule has 1 aliphatic carbocycles. The number of fused-ring (bicyclic) bond motifs is 1. The maximum Gasteiger partial charge on any atom is 0.258 e. The van der Waals surface area contributed by atoms with E-state index < -0.39 is 0 Å². The first kappa shape index (κ1) is 20.4. The van der Waals surface area contributed by atoms with Crippen LogP contribution in [0.3, 0.4) is 0 Å². The lowest BCUT2D eigenvalue weighted by Crippen LogP contribution is -2.41. The van der Waals surface area contributed by atoms with E-state index in [-0.39, 0.29) is 24.4 Å². The molecule has 1 fully saturated rings. The molecule has 8 nitrogen and oxygen atoms in total. The number of amides is 1. The Balaban J connectivity index is 0.00000225. The minimum atomic E-state index is -0.0845. The number of methoxy groups -OCH3 is 1. The minimum Gasteiger partial charge on any atom is -0.497 e. The molecular weight excluding hydrogens is 382 g/mol. The van der Waals surface area contributed by atoms with Crippen molar-refractivity contribution < 1.29 is 14.3 Å². The molecule has 1 amide bonds. The molecule has 0 spiro atoms. The summed E-state index contributed by atoms with van der Waals surface area (Å²) in [6.45, 7) is 3.89. The molecule has 0 unspecified atom stereocenters. The van der Waals surface area contributed by atoms with Gasteiger partial charge >= 0.3 is 0 Å². The number of aromatic nitrogens is 3. The number of carbonyl (C=O) groups is 1. The summed E-state index contributed by atoms with van der Waals surface area (Å²) in [5.41, 5.74) is 6.06. The van der Waals surface area contributed by atoms with Crippen molar-refractivity contribution >= 4 is 18.3 Å². The molecule has 1 aliphatic heterocycles. The number of benzene rings is 1. The standard InChI is InChI=1S/C19H25N5O3.ClH/c1-12-10-23(11-17-21-22-18(24(12)17)13-3-4-13)19(25)15-6-5-14(26-2)9-16(15)27-8-7-20;/h5-6,9,12-13H,3-4,7-8,10-11,20H2,1-2H3;1H/t12-;/m0./s1. The summed E-state index contributed by atoms with van der Waals surface area (Å²) in [5.74, 6) is 3.50. The molecule has 0 radical (unpaired) electrons. The van der Waals surface area contributed by atoms with Crippen molar-refractivity contribution in [2.75, 3.05) is 26.8 Å². The van der Waals surface area contributed by atoms with Crippen molar-refractivity contribution in [3.63, 3.8) is 0 Å². The number of hydrogen-bond acceptors (Lipinski definition) is 6. The Bertz CT molecular complexity index is 852. The smallest absolute Gasteiger partial charge is 0.258 e. The largest absolute Gasteiger partial charge is 0.497 e. The summed E-state index contributed by atoms with van der Waals surface area (Å²) >= 11 is 0. The molecule has 9 heteroatoms. The van der Waals surface area contributed by atoms with Gasteiger partial charge in [-0.25, -0.2) is 0 Å². The van der Waals surface area contributed by atoms with E-state index >= 15 is 0 Å². The summed E-state index contributed by atoms with van der Waals surface area (Å²) in [5, 5.41) is 8.72. The number of nitrogens with two attached hydrogens (primary N) is 1. The fourth-order valence-electron chi connectivity index (χ4n) is 3.60. The third kappa shape index (κ3) is 3.79. The molecule has 28 heavy (non-hydrogen) atoms. The molecule has 2 heterocycles. The Morgan fingerprint density at radius 2 is 2.11 bits per heavy atom. The fraction of sp³-hybridized carbons (Fsp3) is 0.526. The summed E-state index contributed by atoms with van der Waals surface area (Å²) in [6.07, 6.45) is 2.36. The summed E-state index contributed by atoms with van der Waals surface area (Å²) in [6, 6.07) is 5.38. The maximum absolute atomic E-state index is 13.2. The highest BCUT2D eigenvalue weighted by atomic mass is 35.5. The van der Waals surface area contributed by atoms with Crippen LogP contribution in [0.4, 0.5) is 0 Å². The van der Waals surface area contributed by atoms with E-state index in [0.29, 0.717) is 49.2 Å². The van der Waals surface area contributed by atoms with Crippen LogP contribution < -0.4 is 15.2 Å². The summed E-state index contributed by atoms with van der Waals surface area (Å²) in [7, 11) is 1.58. The van der Waals surface area contributed by atoms with Crippen molar-refractivity contribution in [2.24, 2.45) is 5.73 Å². The molecule has 2 aliphatic rings. The van der Waals surface area contributed by atoms with E-state index in [1.165, 1.54) is 12.8 Å². The number of ether oxygens (including phenoxy) is 2. The van der Waals surface area contributed by atoms with E-state index in [1.54, 1.807) is 25.3 Å². The highest BCUT2D eigenvalue weighted by Crippen LogP contribution is 2.41. The highest BCUT2D eigenvalue weighted by molar-refractivity contribution is 5.97. The Morgan fingerprint density at radius 3 is 2.79 bits per heavy atom. The normalized spacial score (nSPS) is 18.2. The van der Waals surface area contributed by atoms with Gasteiger partial charge in [-0.2, -0.15) is 0 Å². The molecule has 1 atom stereocenters. The van der Waals surface area contributed by atoms with Crippen LogP contribution in [0.2, 0.25) is 0 Å². The van der Waals surface area contributed by atoms with E-state index in [2.05, 4.69) is 21.7 Å². The number of hydrogen-bond donors (Lipinski definition) is 1. The molecule has 152 valence electrons. The highest BCUT2D eigenvalue weighted by Gasteiger charge is 2.36. The van der Waals surface area contributed by atoms with Crippen LogP contribution in [0.5, 0.6) is 11.5 Å². The molecule has 2 N–H and O–H groups in total. The third-order valence-electron chi connectivity index (χ3n) is 5.07. The van der Waals surface area contributed by atoms with E-state index in [1.807, 2.05) is 4.90 Å². The van der Waals surface area contributed by atoms with Crippen LogP contribution in [-0.4, -0.2) is 52.4 Å². The average Bonchev–Trinajstić information content (AvgIpc) is 3.44. The van der Waals surface area contributed by atoms with Crippen molar-refractivity contribution in [3.8, 4) is 11.5 Å². The van der Waals surface area contributed by atoms with Crippen molar-refractivity contribution in [3.05, 3.63) is 35.4 Å². The van der Waals surface area contributed by atoms with Crippen molar-refractivity contribution in [2.45, 2.75) is 38.3 Å². The number of nitrogens with zero attached hydrogens (tertiary/aromatic N) is 4. The predicted octanol–water partition coefficient (Wildman–Crippen LogP) is 2.14. The first-order valence-corrected chi connectivity index (χ1v) is 9.36. The van der Waals surface area contributed by atoms with Gasteiger partial charge in [0.05, 0.1) is 25.3 Å². The van der Waals surface area contributed by atoms with Gasteiger partial charge in [-0.3, -0.25) is 4.79 Å². The second-order valence-corrected chi connectivity index (χ2v) is 7.15. The monoisotopic (exact) mass is 407 g/mol. The molecule has 1 saturated carbocycles. The van der Waals surface area contributed by atoms with Crippen LogP contribution in [0.15, 0.2) is 18.2 Å². The van der Waals surface area contributed by atoms with Crippen LogP contribution in [0, 0.1) is 0 Å². The zero-order valence-corrected chi connectivity index (χ0v) is 16.9. The van der Waals surface area contributed by atoms with Gasteiger partial charge in [0.25, 0.3) is 5.91 Å². The average molecular weight is 408 g/mol. The number of carbonyl (C=O) groups excluding carboxylic acids is 1. The first-order valence-electron chi connectivity index (χ1n) is 9.36. The first-order chi connectivity index (χ1) is 13.1. The maximum atomic E-state index is 13.2. The molecular formula is C19H26ClN5O3. The third-order valence-corrected chi connectivity index (χ3v) is 5.07. The van der Waals surface area contributed by atoms with Gasteiger partial charge in [-0.15, -0.1) is 22.6 Å². The quantitative estimate of drug-likeness (QED) is 0.788. The van der Waals surface area contributed by atoms with Gasteiger partial charge < -0.3 is 24.7 Å². The molecule has 1 aromatic carbocycles. The van der Waals surface area contributed by atoms with Crippen molar-refractivity contribution in [1.29, 1.82) is 0 Å². The van der Waals surface area contributed by atoms with Gasteiger partial charge in [0, 0.05) is 25.1 Å². The van der Waals surface area contributed by atoms with Crippen LogP contribution in [0.1, 0.15) is 53.7 Å². The van der Waals surface area contributed by atoms with E-state index in [9.17, 15) is 4.79 Å². The van der Waals surface area contributed by atoms with Crippen LogP contribution in [-0.2, 0) is 6.54 Å². The van der Waals surface area contributed by atoms with E-state index in [4.69, 9.17) is 15.2 Å². The Hall–Kier alpha value is -2.32. The number of rotatable bonds is 6. The number of halogens is 1. The second-order valence-electron chi connectivity index (χ2n) is 7.15. The fourth-order valence-corrected chi connectivity index (χ4v) is 3.60. The summed E-state index contributed by atoms with van der Waals surface area (Å²) < 4.78 is 13.2. The van der Waals surface area contributed by atoms with Crippen LogP contribution in [0.25, 0.3) is 0 Å². The van der Waals surface area contributed by atoms with Gasteiger partial charge in [0.2, 0.25) is 0 Å². The van der Waals surface area contributed by atoms with Crippen molar-refractivity contribution in [1.82, 2.24) is 19.7 Å². The minimum absolute atomic E-state index is 0. The van der Waals surface area contributed by atoms with Crippen LogP contribution >= 0.6 is 12.4 Å². The Labute approximate surface area is 170 Å². The Kier molecular flexibility index (Phi) is 6.10. The predicted molar refractivity (Wildman–Crippen MR) is 106 cm³/mol.